The van der Waals surface area contributed by atoms with Crippen molar-refractivity contribution >= 4 is 11.9 Å². The molecule has 5 nitrogen and oxygen atoms in total. The van der Waals surface area contributed by atoms with Crippen LogP contribution >= 0.6 is 0 Å². The summed E-state index contributed by atoms with van der Waals surface area (Å²) in [5, 5.41) is 3.39. The van der Waals surface area contributed by atoms with Gasteiger partial charge >= 0.3 is 0 Å². The summed E-state index contributed by atoms with van der Waals surface area (Å²) in [7, 11) is 0. The molecule has 1 aromatic carbocycles. The van der Waals surface area contributed by atoms with Gasteiger partial charge in [0.05, 0.1) is 6.42 Å². The molecule has 1 saturated carbocycles. The number of rotatable bonds is 4. The quantitative estimate of drug-likeness (QED) is 0.940. The van der Waals surface area contributed by atoms with Crippen molar-refractivity contribution in [2.45, 2.75) is 31.7 Å². The Morgan fingerprint density at radius 2 is 1.92 bits per heavy atom. The second-order valence-electron chi connectivity index (χ2n) is 7.05. The third-order valence-corrected chi connectivity index (χ3v) is 5.25. The zero-order valence-corrected chi connectivity index (χ0v) is 13.7. The van der Waals surface area contributed by atoms with Gasteiger partial charge in [-0.3, -0.25) is 4.79 Å². The maximum absolute atomic E-state index is 12.5. The lowest BCUT2D eigenvalue weighted by Gasteiger charge is -2.45. The van der Waals surface area contributed by atoms with Gasteiger partial charge in [0.1, 0.15) is 0 Å². The first kappa shape index (κ1) is 15.1. The minimum absolute atomic E-state index is 0.251. The van der Waals surface area contributed by atoms with E-state index in [1.54, 1.807) is 12.4 Å². The van der Waals surface area contributed by atoms with Crippen LogP contribution in [0.1, 0.15) is 24.8 Å². The molecule has 2 heterocycles. The molecule has 0 bridgehead atoms. The number of hydrogen-bond donors (Lipinski definition) is 1. The monoisotopic (exact) mass is 322 g/mol. The largest absolute Gasteiger partial charge is 0.351 e. The summed E-state index contributed by atoms with van der Waals surface area (Å²) in [6.45, 7) is 1.78. The van der Waals surface area contributed by atoms with Gasteiger partial charge in [-0.2, -0.15) is 0 Å². The van der Waals surface area contributed by atoms with E-state index in [0.29, 0.717) is 23.8 Å². The number of anilines is 1. The smallest absolute Gasteiger partial charge is 0.227 e. The molecule has 1 amide bonds. The van der Waals surface area contributed by atoms with Crippen LogP contribution in [-0.2, 0) is 11.2 Å². The molecule has 1 aliphatic carbocycles. The first-order valence-corrected chi connectivity index (χ1v) is 8.58. The SMILES string of the molecule is O=C(Cc1ccccc1)N1CCC2(CC(Nc3ncccn3)C2)C1. The van der Waals surface area contributed by atoms with Crippen molar-refractivity contribution in [3.05, 3.63) is 54.4 Å². The molecule has 1 aromatic heterocycles. The van der Waals surface area contributed by atoms with Crippen LogP contribution in [0.5, 0.6) is 0 Å². The molecule has 1 aliphatic heterocycles. The number of likely N-dealkylation sites (tertiary alicyclic amines) is 1. The Morgan fingerprint density at radius 1 is 1.17 bits per heavy atom. The van der Waals surface area contributed by atoms with Crippen LogP contribution in [0.15, 0.2) is 48.8 Å². The van der Waals surface area contributed by atoms with Crippen LogP contribution in [0.4, 0.5) is 5.95 Å². The van der Waals surface area contributed by atoms with Crippen LogP contribution in [0, 0.1) is 5.41 Å². The van der Waals surface area contributed by atoms with Gasteiger partial charge in [0.15, 0.2) is 0 Å². The Kier molecular flexibility index (Phi) is 3.92. The minimum Gasteiger partial charge on any atom is -0.351 e. The van der Waals surface area contributed by atoms with Gasteiger partial charge in [-0.05, 0) is 36.3 Å². The van der Waals surface area contributed by atoms with E-state index in [1.165, 1.54) is 0 Å². The zero-order valence-electron chi connectivity index (χ0n) is 13.7. The second kappa shape index (κ2) is 6.23. The van der Waals surface area contributed by atoms with Crippen molar-refractivity contribution in [3.8, 4) is 0 Å². The van der Waals surface area contributed by atoms with Gasteiger partial charge in [-0.15, -0.1) is 0 Å². The molecule has 24 heavy (non-hydrogen) atoms. The van der Waals surface area contributed by atoms with Crippen LogP contribution in [0.3, 0.4) is 0 Å². The van der Waals surface area contributed by atoms with E-state index in [-0.39, 0.29) is 5.91 Å². The molecule has 2 fully saturated rings. The molecule has 2 aliphatic rings. The molecule has 1 N–H and O–H groups in total. The zero-order chi connectivity index (χ0) is 16.4. The van der Waals surface area contributed by atoms with E-state index in [9.17, 15) is 4.79 Å². The van der Waals surface area contributed by atoms with Gasteiger partial charge < -0.3 is 10.2 Å². The molecule has 124 valence electrons. The molecule has 4 rings (SSSR count). The van der Waals surface area contributed by atoms with Crippen LogP contribution in [-0.4, -0.2) is 39.9 Å². The normalized spacial score (nSPS) is 25.5. The number of amides is 1. The lowest BCUT2D eigenvalue weighted by Crippen LogP contribution is -2.47. The molecule has 5 heteroatoms. The molecule has 1 saturated heterocycles. The average Bonchev–Trinajstić information content (AvgIpc) is 3.02. The van der Waals surface area contributed by atoms with E-state index in [1.807, 2.05) is 41.3 Å². The predicted molar refractivity (Wildman–Crippen MR) is 92.5 cm³/mol. The van der Waals surface area contributed by atoms with Crippen molar-refractivity contribution in [1.82, 2.24) is 14.9 Å². The van der Waals surface area contributed by atoms with Gasteiger partial charge in [0.2, 0.25) is 11.9 Å². The number of nitrogens with one attached hydrogen (secondary N) is 1. The fraction of sp³-hybridized carbons (Fsp3) is 0.421. The number of aromatic nitrogens is 2. The highest BCUT2D eigenvalue weighted by Gasteiger charge is 2.49. The van der Waals surface area contributed by atoms with E-state index >= 15 is 0 Å². The Morgan fingerprint density at radius 3 is 2.67 bits per heavy atom. The van der Waals surface area contributed by atoms with Gasteiger partial charge in [0.25, 0.3) is 0 Å². The van der Waals surface area contributed by atoms with Crippen molar-refractivity contribution < 1.29 is 4.79 Å². The number of carbonyl (C=O) groups is 1. The number of hydrogen-bond acceptors (Lipinski definition) is 4. The van der Waals surface area contributed by atoms with E-state index in [4.69, 9.17) is 0 Å². The molecule has 0 unspecified atom stereocenters. The lowest BCUT2D eigenvalue weighted by atomic mass is 9.65. The van der Waals surface area contributed by atoms with Crippen molar-refractivity contribution in [1.29, 1.82) is 0 Å². The molecule has 0 atom stereocenters. The number of nitrogens with zero attached hydrogens (tertiary/aromatic N) is 3. The number of carbonyl (C=O) groups excluding carboxylic acids is 1. The Hall–Kier alpha value is -2.43. The summed E-state index contributed by atoms with van der Waals surface area (Å²) in [6.07, 6.45) is 7.32. The minimum atomic E-state index is 0.251. The highest BCUT2D eigenvalue weighted by Crippen LogP contribution is 2.49. The summed E-state index contributed by atoms with van der Waals surface area (Å²) < 4.78 is 0. The number of benzene rings is 1. The first-order valence-electron chi connectivity index (χ1n) is 8.58. The third kappa shape index (κ3) is 3.11. The van der Waals surface area contributed by atoms with Gasteiger partial charge in [-0.25, -0.2) is 9.97 Å². The fourth-order valence-electron chi connectivity index (χ4n) is 4.01. The highest BCUT2D eigenvalue weighted by atomic mass is 16.2. The van der Waals surface area contributed by atoms with E-state index < -0.39 is 0 Å². The second-order valence-corrected chi connectivity index (χ2v) is 7.05. The highest BCUT2D eigenvalue weighted by molar-refractivity contribution is 5.79. The lowest BCUT2D eigenvalue weighted by molar-refractivity contribution is -0.130. The summed E-state index contributed by atoms with van der Waals surface area (Å²) in [5.41, 5.74) is 1.40. The fourth-order valence-corrected chi connectivity index (χ4v) is 4.01. The molecular weight excluding hydrogens is 300 g/mol. The Bertz CT molecular complexity index is 698. The molecule has 1 spiro atoms. The van der Waals surface area contributed by atoms with Crippen LogP contribution < -0.4 is 5.32 Å². The van der Waals surface area contributed by atoms with E-state index in [0.717, 1.165) is 37.9 Å². The Balaban J connectivity index is 1.29. The van der Waals surface area contributed by atoms with Gasteiger partial charge in [0, 0.05) is 31.5 Å². The molecule has 0 radical (unpaired) electrons. The third-order valence-electron chi connectivity index (χ3n) is 5.25. The van der Waals surface area contributed by atoms with Crippen molar-refractivity contribution in [2.24, 2.45) is 5.41 Å². The van der Waals surface area contributed by atoms with E-state index in [2.05, 4.69) is 15.3 Å². The molecular formula is C19H22N4O. The van der Waals surface area contributed by atoms with Crippen molar-refractivity contribution in [2.75, 3.05) is 18.4 Å². The maximum Gasteiger partial charge on any atom is 0.227 e. The average molecular weight is 322 g/mol. The summed E-state index contributed by atoms with van der Waals surface area (Å²) in [4.78, 5) is 23.0. The standard InChI is InChI=1S/C19H22N4O/c24-17(11-15-5-2-1-3-6-15)23-10-7-19(14-23)12-16(13-19)22-18-20-8-4-9-21-18/h1-6,8-9,16H,7,10-14H2,(H,20,21,22). The summed E-state index contributed by atoms with van der Waals surface area (Å²) in [6, 6.07) is 12.2. The molecule has 2 aromatic rings. The van der Waals surface area contributed by atoms with Gasteiger partial charge in [-0.1, -0.05) is 30.3 Å². The van der Waals surface area contributed by atoms with Crippen LogP contribution in [0.2, 0.25) is 0 Å². The summed E-state index contributed by atoms with van der Waals surface area (Å²) >= 11 is 0. The Labute approximate surface area is 142 Å². The maximum atomic E-state index is 12.5. The first-order chi connectivity index (χ1) is 11.7. The van der Waals surface area contributed by atoms with Crippen LogP contribution in [0.25, 0.3) is 0 Å². The predicted octanol–water partition coefficient (Wildman–Crippen LogP) is 2.51. The topological polar surface area (TPSA) is 58.1 Å². The van der Waals surface area contributed by atoms with Crippen molar-refractivity contribution in [3.63, 3.8) is 0 Å². The summed E-state index contributed by atoms with van der Waals surface area (Å²) in [5.74, 6) is 0.952.